The van der Waals surface area contributed by atoms with Crippen molar-refractivity contribution in [3.8, 4) is 5.75 Å². The molecular formula is C14H18FNO4. The van der Waals surface area contributed by atoms with E-state index in [-0.39, 0.29) is 6.54 Å². The average Bonchev–Trinajstić information content (AvgIpc) is 2.28. The molecule has 0 bridgehead atoms. The molecule has 1 aliphatic rings. The molecule has 2 atom stereocenters. The molecular weight excluding hydrogens is 265 g/mol. The first-order chi connectivity index (χ1) is 9.22. The predicted molar refractivity (Wildman–Crippen MR) is 70.1 cm³/mol. The topological polar surface area (TPSA) is 70.0 Å². The van der Waals surface area contributed by atoms with Gasteiger partial charge in [0.2, 0.25) is 0 Å². The van der Waals surface area contributed by atoms with Gasteiger partial charge in [-0.3, -0.25) is 9.69 Å². The number of rotatable bonds is 3. The van der Waals surface area contributed by atoms with Gasteiger partial charge in [0.05, 0.1) is 12.6 Å². The Balaban J connectivity index is 2.40. The summed E-state index contributed by atoms with van der Waals surface area (Å²) >= 11 is 0. The Morgan fingerprint density at radius 1 is 1.50 bits per heavy atom. The number of ether oxygens (including phenoxy) is 1. The van der Waals surface area contributed by atoms with Crippen LogP contribution >= 0.6 is 0 Å². The van der Waals surface area contributed by atoms with Gasteiger partial charge in [-0.25, -0.2) is 4.39 Å². The Bertz CT molecular complexity index is 532. The van der Waals surface area contributed by atoms with Crippen LogP contribution in [0.3, 0.4) is 0 Å². The van der Waals surface area contributed by atoms with E-state index in [0.29, 0.717) is 11.3 Å². The predicted octanol–water partition coefficient (Wildman–Crippen LogP) is 1.42. The third-order valence-corrected chi connectivity index (χ3v) is 3.53. The molecule has 20 heavy (non-hydrogen) atoms. The zero-order chi connectivity index (χ0) is 15.1. The van der Waals surface area contributed by atoms with Crippen molar-refractivity contribution < 1.29 is 24.1 Å². The lowest BCUT2D eigenvalue weighted by molar-refractivity contribution is -0.142. The Labute approximate surface area is 116 Å². The van der Waals surface area contributed by atoms with Crippen molar-refractivity contribution >= 4 is 5.97 Å². The lowest BCUT2D eigenvalue weighted by atomic mass is 9.85. The normalized spacial score (nSPS) is 24.1. The molecule has 0 aliphatic carbocycles. The SMILES string of the molecule is CN(CC(=O)O)C1C(O)c2cc(F)ccc2OC1(C)C. The molecule has 110 valence electrons. The summed E-state index contributed by atoms with van der Waals surface area (Å²) in [5, 5.41) is 19.4. The quantitative estimate of drug-likeness (QED) is 0.878. The third kappa shape index (κ3) is 2.62. The van der Waals surface area contributed by atoms with E-state index in [1.165, 1.54) is 23.1 Å². The first-order valence-electron chi connectivity index (χ1n) is 6.31. The molecule has 1 aliphatic heterocycles. The monoisotopic (exact) mass is 283 g/mol. The van der Waals surface area contributed by atoms with Gasteiger partial charge in [0, 0.05) is 5.56 Å². The number of carboxylic acid groups (broad SMARTS) is 1. The molecule has 0 saturated heterocycles. The summed E-state index contributed by atoms with van der Waals surface area (Å²) in [7, 11) is 1.59. The van der Waals surface area contributed by atoms with E-state index in [2.05, 4.69) is 0 Å². The number of nitrogens with zero attached hydrogens (tertiary/aromatic N) is 1. The highest BCUT2D eigenvalue weighted by Gasteiger charge is 2.45. The van der Waals surface area contributed by atoms with E-state index < -0.39 is 29.5 Å². The van der Waals surface area contributed by atoms with Crippen LogP contribution in [0.2, 0.25) is 0 Å². The minimum Gasteiger partial charge on any atom is -0.486 e. The lowest BCUT2D eigenvalue weighted by Crippen LogP contribution is -2.57. The molecule has 0 saturated carbocycles. The summed E-state index contributed by atoms with van der Waals surface area (Å²) < 4.78 is 19.1. The van der Waals surface area contributed by atoms with E-state index in [9.17, 15) is 14.3 Å². The standard InChI is InChI=1S/C14H18FNO4/c1-14(2)13(16(3)7-11(17)18)12(19)9-6-8(15)4-5-10(9)20-14/h4-6,12-13,19H,7H2,1-3H3,(H,17,18). The first-order valence-corrected chi connectivity index (χ1v) is 6.31. The van der Waals surface area contributed by atoms with E-state index in [0.717, 1.165) is 0 Å². The molecule has 0 fully saturated rings. The van der Waals surface area contributed by atoms with Crippen LogP contribution in [0.4, 0.5) is 4.39 Å². The van der Waals surface area contributed by atoms with E-state index in [1.54, 1.807) is 20.9 Å². The Morgan fingerprint density at radius 2 is 2.15 bits per heavy atom. The van der Waals surface area contributed by atoms with Crippen molar-refractivity contribution in [2.45, 2.75) is 31.6 Å². The smallest absolute Gasteiger partial charge is 0.317 e. The highest BCUT2D eigenvalue weighted by atomic mass is 19.1. The van der Waals surface area contributed by atoms with Crippen LogP contribution in [-0.2, 0) is 4.79 Å². The fraction of sp³-hybridized carbons (Fsp3) is 0.500. The molecule has 6 heteroatoms. The van der Waals surface area contributed by atoms with Gasteiger partial charge in [0.15, 0.2) is 0 Å². The number of hydrogen-bond acceptors (Lipinski definition) is 4. The zero-order valence-corrected chi connectivity index (χ0v) is 11.6. The van der Waals surface area contributed by atoms with Crippen LogP contribution in [0.15, 0.2) is 18.2 Å². The van der Waals surface area contributed by atoms with Gasteiger partial charge in [0.1, 0.15) is 23.3 Å². The molecule has 1 aromatic carbocycles. The van der Waals surface area contributed by atoms with Crippen LogP contribution in [0.1, 0.15) is 25.5 Å². The average molecular weight is 283 g/mol. The maximum absolute atomic E-state index is 13.3. The number of fused-ring (bicyclic) bond motifs is 1. The van der Waals surface area contributed by atoms with Gasteiger partial charge in [-0.05, 0) is 39.1 Å². The fourth-order valence-electron chi connectivity index (χ4n) is 2.82. The number of benzene rings is 1. The highest BCUT2D eigenvalue weighted by Crippen LogP contribution is 2.41. The number of aliphatic hydroxyl groups is 1. The van der Waals surface area contributed by atoms with Gasteiger partial charge >= 0.3 is 5.97 Å². The van der Waals surface area contributed by atoms with Gasteiger partial charge in [0.25, 0.3) is 0 Å². The zero-order valence-electron chi connectivity index (χ0n) is 11.6. The summed E-state index contributed by atoms with van der Waals surface area (Å²) in [4.78, 5) is 12.3. The lowest BCUT2D eigenvalue weighted by Gasteiger charge is -2.46. The molecule has 0 radical (unpaired) electrons. The molecule has 1 heterocycles. The van der Waals surface area contributed by atoms with Crippen molar-refractivity contribution in [2.24, 2.45) is 0 Å². The Kier molecular flexibility index (Phi) is 3.71. The Hall–Kier alpha value is -1.66. The highest BCUT2D eigenvalue weighted by molar-refractivity contribution is 5.69. The first kappa shape index (κ1) is 14.7. The largest absolute Gasteiger partial charge is 0.486 e. The van der Waals surface area contributed by atoms with Crippen LogP contribution in [0.25, 0.3) is 0 Å². The molecule has 2 rings (SSSR count). The second-order valence-electron chi connectivity index (χ2n) is 5.59. The molecule has 1 aromatic rings. The maximum Gasteiger partial charge on any atom is 0.317 e. The summed E-state index contributed by atoms with van der Waals surface area (Å²) in [5.41, 5.74) is -0.458. The number of likely N-dealkylation sites (N-methyl/N-ethyl adjacent to an activating group) is 1. The van der Waals surface area contributed by atoms with Crippen molar-refractivity contribution in [1.29, 1.82) is 0 Å². The summed E-state index contributed by atoms with van der Waals surface area (Å²) in [5.74, 6) is -1.05. The van der Waals surface area contributed by atoms with E-state index >= 15 is 0 Å². The minimum absolute atomic E-state index is 0.237. The van der Waals surface area contributed by atoms with Crippen LogP contribution in [0, 0.1) is 5.82 Å². The van der Waals surface area contributed by atoms with Gasteiger partial charge in [-0.1, -0.05) is 0 Å². The van der Waals surface area contributed by atoms with E-state index in [4.69, 9.17) is 9.84 Å². The Morgan fingerprint density at radius 3 is 2.75 bits per heavy atom. The summed E-state index contributed by atoms with van der Waals surface area (Å²) in [6.07, 6.45) is -1.02. The molecule has 0 aromatic heterocycles. The van der Waals surface area contributed by atoms with Crippen molar-refractivity contribution in [3.05, 3.63) is 29.6 Å². The summed E-state index contributed by atoms with van der Waals surface area (Å²) in [6.45, 7) is 3.30. The molecule has 2 unspecified atom stereocenters. The maximum atomic E-state index is 13.3. The van der Waals surface area contributed by atoms with Gasteiger partial charge in [-0.15, -0.1) is 0 Å². The van der Waals surface area contributed by atoms with Gasteiger partial charge in [-0.2, -0.15) is 0 Å². The van der Waals surface area contributed by atoms with Crippen molar-refractivity contribution in [2.75, 3.05) is 13.6 Å². The van der Waals surface area contributed by atoms with Crippen molar-refractivity contribution in [3.63, 3.8) is 0 Å². The second-order valence-corrected chi connectivity index (χ2v) is 5.59. The molecule has 2 N–H and O–H groups in total. The number of carbonyl (C=O) groups is 1. The van der Waals surface area contributed by atoms with Crippen LogP contribution in [-0.4, -0.2) is 46.3 Å². The minimum atomic E-state index is -1.02. The number of hydrogen-bond donors (Lipinski definition) is 2. The van der Waals surface area contributed by atoms with Gasteiger partial charge < -0.3 is 14.9 Å². The number of carboxylic acids is 1. The van der Waals surface area contributed by atoms with Crippen LogP contribution in [0.5, 0.6) is 5.75 Å². The molecule has 0 amide bonds. The second kappa shape index (κ2) is 5.03. The van der Waals surface area contributed by atoms with Crippen molar-refractivity contribution in [1.82, 2.24) is 4.90 Å². The number of aliphatic carboxylic acids is 1. The molecule has 5 nitrogen and oxygen atoms in total. The molecule has 0 spiro atoms. The van der Waals surface area contributed by atoms with E-state index in [1.807, 2.05) is 0 Å². The number of aliphatic hydroxyl groups excluding tert-OH is 1. The number of halogens is 1. The summed E-state index contributed by atoms with van der Waals surface area (Å²) in [6, 6.07) is 3.37. The fourth-order valence-corrected chi connectivity index (χ4v) is 2.82. The third-order valence-electron chi connectivity index (χ3n) is 3.53. The van der Waals surface area contributed by atoms with Crippen LogP contribution < -0.4 is 4.74 Å².